The van der Waals surface area contributed by atoms with E-state index in [9.17, 15) is 9.59 Å². The minimum absolute atomic E-state index is 0.157. The number of methoxy groups -OCH3 is 2. The molecule has 0 rings (SSSR count). The number of hydrogen-bond donors (Lipinski definition) is 0. The van der Waals surface area contributed by atoms with Gasteiger partial charge in [0.15, 0.2) is 0 Å². The van der Waals surface area contributed by atoms with Crippen LogP contribution in [0.3, 0.4) is 0 Å². The second-order valence-electron chi connectivity index (χ2n) is 6.14. The highest BCUT2D eigenvalue weighted by Crippen LogP contribution is 2.18. The summed E-state index contributed by atoms with van der Waals surface area (Å²) < 4.78 is 20.0. The number of ether oxygens (including phenoxy) is 4. The monoisotopic (exact) mass is 348 g/mol. The molecule has 24 heavy (non-hydrogen) atoms. The average Bonchev–Trinajstić information content (AvgIpc) is 2.53. The SMILES string of the molecule is CCC(C)(CCOC(C)=O)OC.COC(C)C(C)CCOC(C)=O. The molecule has 0 saturated heterocycles. The van der Waals surface area contributed by atoms with Crippen LogP contribution in [-0.4, -0.2) is 51.1 Å². The molecule has 0 aliphatic heterocycles. The van der Waals surface area contributed by atoms with E-state index >= 15 is 0 Å². The van der Waals surface area contributed by atoms with Gasteiger partial charge in [0.2, 0.25) is 0 Å². The molecule has 3 unspecified atom stereocenters. The van der Waals surface area contributed by atoms with Crippen molar-refractivity contribution in [1.82, 2.24) is 0 Å². The van der Waals surface area contributed by atoms with E-state index in [1.165, 1.54) is 13.8 Å². The zero-order chi connectivity index (χ0) is 19.2. The highest BCUT2D eigenvalue weighted by atomic mass is 16.5. The molecule has 6 heteroatoms. The van der Waals surface area contributed by atoms with Crippen molar-refractivity contribution < 1.29 is 28.5 Å². The largest absolute Gasteiger partial charge is 0.466 e. The maximum absolute atomic E-state index is 10.4. The molecular weight excluding hydrogens is 312 g/mol. The standard InChI is InChI=1S/2C9H18O3/c1-7(8(2)11-4)5-6-12-9(3)10;1-5-9(3,11-4)6-7-12-8(2)10/h7-8H,5-6H2,1-4H3;5-7H2,1-4H3. The van der Waals surface area contributed by atoms with Gasteiger partial charge in [-0.2, -0.15) is 0 Å². The number of rotatable bonds is 10. The number of carbonyl (C=O) groups is 2. The number of carbonyl (C=O) groups excluding carboxylic acids is 2. The first kappa shape index (κ1) is 25.1. The van der Waals surface area contributed by atoms with Gasteiger partial charge in [0.05, 0.1) is 24.9 Å². The molecule has 0 heterocycles. The third-order valence-electron chi connectivity index (χ3n) is 4.23. The second-order valence-corrected chi connectivity index (χ2v) is 6.14. The minimum Gasteiger partial charge on any atom is -0.466 e. The summed E-state index contributed by atoms with van der Waals surface area (Å²) in [5.41, 5.74) is -0.157. The lowest BCUT2D eigenvalue weighted by molar-refractivity contribution is -0.143. The second kappa shape index (κ2) is 14.2. The van der Waals surface area contributed by atoms with E-state index in [4.69, 9.17) is 18.9 Å². The van der Waals surface area contributed by atoms with Crippen molar-refractivity contribution >= 4 is 11.9 Å². The summed E-state index contributed by atoms with van der Waals surface area (Å²) >= 11 is 0. The third kappa shape index (κ3) is 14.5. The van der Waals surface area contributed by atoms with E-state index < -0.39 is 0 Å². The average molecular weight is 348 g/mol. The minimum atomic E-state index is -0.232. The summed E-state index contributed by atoms with van der Waals surface area (Å²) in [6, 6.07) is 0. The predicted molar refractivity (Wildman–Crippen MR) is 93.8 cm³/mol. The fourth-order valence-corrected chi connectivity index (χ4v) is 1.69. The van der Waals surface area contributed by atoms with E-state index in [0.717, 1.165) is 19.3 Å². The zero-order valence-corrected chi connectivity index (χ0v) is 16.6. The van der Waals surface area contributed by atoms with Crippen molar-refractivity contribution in [2.24, 2.45) is 5.92 Å². The lowest BCUT2D eigenvalue weighted by atomic mass is 10.00. The molecule has 144 valence electrons. The van der Waals surface area contributed by atoms with Crippen LogP contribution in [0.25, 0.3) is 0 Å². The van der Waals surface area contributed by atoms with Gasteiger partial charge < -0.3 is 18.9 Å². The molecule has 0 bridgehead atoms. The Morgan fingerprint density at radius 3 is 1.88 bits per heavy atom. The first-order chi connectivity index (χ1) is 11.1. The Morgan fingerprint density at radius 2 is 1.50 bits per heavy atom. The predicted octanol–water partition coefficient (Wildman–Crippen LogP) is 3.37. The molecule has 0 aliphatic carbocycles. The van der Waals surface area contributed by atoms with E-state index in [-0.39, 0.29) is 23.6 Å². The van der Waals surface area contributed by atoms with Crippen LogP contribution in [0.2, 0.25) is 0 Å². The first-order valence-corrected chi connectivity index (χ1v) is 8.46. The molecule has 0 N–H and O–H groups in total. The molecular formula is C18H36O6. The van der Waals surface area contributed by atoms with Gasteiger partial charge in [-0.25, -0.2) is 0 Å². The molecule has 0 aromatic heterocycles. The van der Waals surface area contributed by atoms with Crippen LogP contribution in [0, 0.1) is 5.92 Å². The van der Waals surface area contributed by atoms with Gasteiger partial charge in [0.25, 0.3) is 0 Å². The van der Waals surface area contributed by atoms with Crippen LogP contribution < -0.4 is 0 Å². The molecule has 0 spiro atoms. The molecule has 0 aliphatic rings. The molecule has 0 fully saturated rings. The molecule has 0 aromatic carbocycles. The van der Waals surface area contributed by atoms with Gasteiger partial charge in [0.1, 0.15) is 0 Å². The summed E-state index contributed by atoms with van der Waals surface area (Å²) in [6.45, 7) is 11.9. The topological polar surface area (TPSA) is 71.1 Å². The Hall–Kier alpha value is -1.14. The van der Waals surface area contributed by atoms with Crippen LogP contribution in [0.4, 0.5) is 0 Å². The van der Waals surface area contributed by atoms with Gasteiger partial charge in [0, 0.05) is 34.5 Å². The van der Waals surface area contributed by atoms with Crippen molar-refractivity contribution in [3.05, 3.63) is 0 Å². The Labute approximate surface area is 147 Å². The quantitative estimate of drug-likeness (QED) is 0.564. The highest BCUT2D eigenvalue weighted by molar-refractivity contribution is 5.66. The van der Waals surface area contributed by atoms with E-state index in [1.54, 1.807) is 14.2 Å². The zero-order valence-electron chi connectivity index (χ0n) is 16.6. The smallest absolute Gasteiger partial charge is 0.302 e. The molecule has 0 saturated carbocycles. The summed E-state index contributed by atoms with van der Waals surface area (Å²) in [6.07, 6.45) is 2.75. The van der Waals surface area contributed by atoms with Crippen LogP contribution >= 0.6 is 0 Å². The van der Waals surface area contributed by atoms with Gasteiger partial charge in [-0.1, -0.05) is 13.8 Å². The molecule has 0 aromatic rings. The van der Waals surface area contributed by atoms with E-state index in [0.29, 0.717) is 19.1 Å². The Kier molecular flexibility index (Phi) is 14.9. The van der Waals surface area contributed by atoms with Crippen LogP contribution in [0.15, 0.2) is 0 Å². The summed E-state index contributed by atoms with van der Waals surface area (Å²) in [4.78, 5) is 20.9. The Bertz CT molecular complexity index is 338. The highest BCUT2D eigenvalue weighted by Gasteiger charge is 2.20. The van der Waals surface area contributed by atoms with Crippen LogP contribution in [-0.2, 0) is 28.5 Å². The van der Waals surface area contributed by atoms with E-state index in [1.807, 2.05) is 13.8 Å². The Morgan fingerprint density at radius 1 is 1.00 bits per heavy atom. The van der Waals surface area contributed by atoms with Gasteiger partial charge >= 0.3 is 11.9 Å². The normalized spacial score (nSPS) is 15.3. The summed E-state index contributed by atoms with van der Waals surface area (Å²) in [5.74, 6) is -0.0221. The third-order valence-corrected chi connectivity index (χ3v) is 4.23. The number of hydrogen-bond acceptors (Lipinski definition) is 6. The molecule has 6 nitrogen and oxygen atoms in total. The van der Waals surface area contributed by atoms with Crippen LogP contribution in [0.1, 0.15) is 60.8 Å². The van der Waals surface area contributed by atoms with Crippen molar-refractivity contribution in [3.8, 4) is 0 Å². The van der Waals surface area contributed by atoms with Crippen molar-refractivity contribution in [2.75, 3.05) is 27.4 Å². The van der Waals surface area contributed by atoms with Crippen molar-refractivity contribution in [1.29, 1.82) is 0 Å². The summed E-state index contributed by atoms with van der Waals surface area (Å²) in [7, 11) is 3.37. The molecule has 3 atom stereocenters. The van der Waals surface area contributed by atoms with Crippen molar-refractivity contribution in [2.45, 2.75) is 72.5 Å². The lowest BCUT2D eigenvalue weighted by Gasteiger charge is -2.25. The molecule has 0 amide bonds. The maximum Gasteiger partial charge on any atom is 0.302 e. The van der Waals surface area contributed by atoms with Crippen LogP contribution in [0.5, 0.6) is 0 Å². The lowest BCUT2D eigenvalue weighted by Crippen LogP contribution is -2.28. The van der Waals surface area contributed by atoms with E-state index in [2.05, 4.69) is 13.8 Å². The fraction of sp³-hybridized carbons (Fsp3) is 0.889. The molecule has 0 radical (unpaired) electrons. The van der Waals surface area contributed by atoms with Gasteiger partial charge in [-0.05, 0) is 32.6 Å². The van der Waals surface area contributed by atoms with Gasteiger partial charge in [-0.15, -0.1) is 0 Å². The number of esters is 2. The summed E-state index contributed by atoms with van der Waals surface area (Å²) in [5, 5.41) is 0. The Balaban J connectivity index is 0. The fourth-order valence-electron chi connectivity index (χ4n) is 1.69. The van der Waals surface area contributed by atoms with Crippen molar-refractivity contribution in [3.63, 3.8) is 0 Å². The van der Waals surface area contributed by atoms with Gasteiger partial charge in [-0.3, -0.25) is 9.59 Å². The maximum atomic E-state index is 10.4. The first-order valence-electron chi connectivity index (χ1n) is 8.46.